The molecule has 0 amide bonds. The molecule has 2 heterocycles. The molecule has 2 rings (SSSR count). The zero-order valence-corrected chi connectivity index (χ0v) is 18.5. The Bertz CT molecular complexity index is 891. The highest BCUT2D eigenvalue weighted by Crippen LogP contribution is 2.34. The number of rotatable bonds is 6. The number of aromatic nitrogens is 1. The molecule has 8 nitrogen and oxygen atoms in total. The topological polar surface area (TPSA) is 105 Å². The summed E-state index contributed by atoms with van der Waals surface area (Å²) in [5, 5.41) is 12.7. The van der Waals surface area contributed by atoms with Crippen LogP contribution in [0.4, 0.5) is 19.0 Å². The van der Waals surface area contributed by atoms with Gasteiger partial charge in [0, 0.05) is 32.1 Å². The van der Waals surface area contributed by atoms with Gasteiger partial charge in [0.2, 0.25) is 0 Å². The van der Waals surface area contributed by atoms with E-state index >= 15 is 0 Å². The van der Waals surface area contributed by atoms with Gasteiger partial charge < -0.3 is 19.7 Å². The standard InChI is InChI=1S/C21H27F3N4O4/c1-5-31-19(30)15-10-13(11-25)18(27-17(15)21(22,23)24)28-9-8-26-14(12-28)6-7-16(29)32-20(2,3)4/h10,14,26H,5-9,12H2,1-4H3/t14-/m0/s1. The van der Waals surface area contributed by atoms with Gasteiger partial charge in [-0.2, -0.15) is 18.4 Å². The van der Waals surface area contributed by atoms with Crippen molar-refractivity contribution < 1.29 is 32.2 Å². The Balaban J connectivity index is 2.27. The van der Waals surface area contributed by atoms with E-state index in [4.69, 9.17) is 9.47 Å². The van der Waals surface area contributed by atoms with E-state index in [-0.39, 0.29) is 43.0 Å². The average Bonchev–Trinajstić information content (AvgIpc) is 2.69. The Labute approximate surface area is 184 Å². The van der Waals surface area contributed by atoms with E-state index in [9.17, 15) is 28.0 Å². The van der Waals surface area contributed by atoms with Gasteiger partial charge in [0.15, 0.2) is 5.69 Å². The van der Waals surface area contributed by atoms with Crippen LogP contribution in [0.3, 0.4) is 0 Å². The molecule has 0 unspecified atom stereocenters. The first-order valence-corrected chi connectivity index (χ1v) is 10.2. The van der Waals surface area contributed by atoms with E-state index in [2.05, 4.69) is 10.3 Å². The fourth-order valence-corrected chi connectivity index (χ4v) is 3.30. The van der Waals surface area contributed by atoms with Crippen LogP contribution >= 0.6 is 0 Å². The third kappa shape index (κ3) is 6.82. The minimum absolute atomic E-state index is 0.114. The maximum atomic E-state index is 13.6. The van der Waals surface area contributed by atoms with Crippen molar-refractivity contribution in [1.29, 1.82) is 5.26 Å². The monoisotopic (exact) mass is 456 g/mol. The third-order valence-electron chi connectivity index (χ3n) is 4.56. The number of carbonyl (C=O) groups excluding carboxylic acids is 2. The number of nitrogens with one attached hydrogen (secondary N) is 1. The molecule has 1 aliphatic rings. The van der Waals surface area contributed by atoms with Crippen LogP contribution in [-0.2, 0) is 20.4 Å². The van der Waals surface area contributed by atoms with Gasteiger partial charge >= 0.3 is 18.1 Å². The Kier molecular flexibility index (Phi) is 8.07. The minimum atomic E-state index is -4.91. The van der Waals surface area contributed by atoms with Crippen molar-refractivity contribution in [2.24, 2.45) is 0 Å². The summed E-state index contributed by atoms with van der Waals surface area (Å²) < 4.78 is 50.8. The summed E-state index contributed by atoms with van der Waals surface area (Å²) in [6, 6.07) is 2.48. The molecule has 1 aliphatic heterocycles. The summed E-state index contributed by atoms with van der Waals surface area (Å²) in [6.07, 6.45) is -4.37. The number of piperazine rings is 1. The molecular formula is C21H27F3N4O4. The van der Waals surface area contributed by atoms with Crippen molar-refractivity contribution in [3.8, 4) is 6.07 Å². The van der Waals surface area contributed by atoms with Crippen molar-refractivity contribution in [3.05, 3.63) is 22.9 Å². The number of nitriles is 1. The van der Waals surface area contributed by atoms with Crippen molar-refractivity contribution in [2.45, 2.75) is 58.4 Å². The Morgan fingerprint density at radius 1 is 1.34 bits per heavy atom. The number of anilines is 1. The molecule has 1 N–H and O–H groups in total. The number of halogens is 3. The molecule has 1 atom stereocenters. The zero-order valence-electron chi connectivity index (χ0n) is 18.5. The van der Waals surface area contributed by atoms with Gasteiger partial charge in [0.1, 0.15) is 17.5 Å². The molecule has 1 aromatic heterocycles. The van der Waals surface area contributed by atoms with E-state index in [1.807, 2.05) is 6.07 Å². The first-order chi connectivity index (χ1) is 14.9. The third-order valence-corrected chi connectivity index (χ3v) is 4.56. The lowest BCUT2D eigenvalue weighted by Crippen LogP contribution is -2.51. The van der Waals surface area contributed by atoms with Crippen LogP contribution in [-0.4, -0.2) is 54.8 Å². The number of hydrogen-bond donors (Lipinski definition) is 1. The molecule has 1 fully saturated rings. The molecule has 1 saturated heterocycles. The second-order valence-corrected chi connectivity index (χ2v) is 8.31. The molecule has 11 heteroatoms. The van der Waals surface area contributed by atoms with Crippen LogP contribution in [0.5, 0.6) is 0 Å². The second-order valence-electron chi connectivity index (χ2n) is 8.31. The highest BCUT2D eigenvalue weighted by Gasteiger charge is 2.40. The van der Waals surface area contributed by atoms with Crippen LogP contribution in [0.25, 0.3) is 0 Å². The number of pyridine rings is 1. The number of hydrogen-bond acceptors (Lipinski definition) is 8. The van der Waals surface area contributed by atoms with E-state index in [1.54, 1.807) is 25.7 Å². The van der Waals surface area contributed by atoms with Gasteiger partial charge in [0.25, 0.3) is 0 Å². The highest BCUT2D eigenvalue weighted by molar-refractivity contribution is 5.92. The van der Waals surface area contributed by atoms with Crippen LogP contribution in [0.15, 0.2) is 6.07 Å². The van der Waals surface area contributed by atoms with Crippen molar-refractivity contribution in [2.75, 3.05) is 31.1 Å². The Hall–Kier alpha value is -2.87. The quantitative estimate of drug-likeness (QED) is 0.652. The van der Waals surface area contributed by atoms with E-state index < -0.39 is 29.0 Å². The van der Waals surface area contributed by atoms with Gasteiger partial charge in [-0.3, -0.25) is 4.79 Å². The SMILES string of the molecule is CCOC(=O)c1cc(C#N)c(N2CCN[C@@H](CCC(=O)OC(C)(C)C)C2)nc1C(F)(F)F. The number of alkyl halides is 3. The summed E-state index contributed by atoms with van der Waals surface area (Å²) in [7, 11) is 0. The number of nitrogens with zero attached hydrogens (tertiary/aromatic N) is 3. The second kappa shape index (κ2) is 10.2. The summed E-state index contributed by atoms with van der Waals surface area (Å²) in [6.45, 7) is 7.61. The number of carbonyl (C=O) groups is 2. The van der Waals surface area contributed by atoms with Gasteiger partial charge in [-0.05, 0) is 40.2 Å². The van der Waals surface area contributed by atoms with Crippen LogP contribution in [0.1, 0.15) is 62.2 Å². The summed E-state index contributed by atoms with van der Waals surface area (Å²) >= 11 is 0. The fraction of sp³-hybridized carbons (Fsp3) is 0.619. The van der Waals surface area contributed by atoms with E-state index in [0.29, 0.717) is 19.5 Å². The lowest BCUT2D eigenvalue weighted by Gasteiger charge is -2.35. The summed E-state index contributed by atoms with van der Waals surface area (Å²) in [5.41, 5.74) is -2.96. The van der Waals surface area contributed by atoms with Gasteiger partial charge in [-0.15, -0.1) is 0 Å². The molecule has 32 heavy (non-hydrogen) atoms. The normalized spacial score (nSPS) is 16.9. The maximum absolute atomic E-state index is 13.6. The molecule has 0 aromatic carbocycles. The first-order valence-electron chi connectivity index (χ1n) is 10.2. The molecule has 176 valence electrons. The Morgan fingerprint density at radius 3 is 2.59 bits per heavy atom. The van der Waals surface area contributed by atoms with Crippen LogP contribution in [0, 0.1) is 11.3 Å². The molecule has 1 aromatic rings. The summed E-state index contributed by atoms with van der Waals surface area (Å²) in [4.78, 5) is 29.2. The van der Waals surface area contributed by atoms with E-state index in [1.165, 1.54) is 6.92 Å². The van der Waals surface area contributed by atoms with Crippen LogP contribution in [0.2, 0.25) is 0 Å². The number of esters is 2. The Morgan fingerprint density at radius 2 is 2.03 bits per heavy atom. The van der Waals surface area contributed by atoms with Crippen LogP contribution < -0.4 is 10.2 Å². The minimum Gasteiger partial charge on any atom is -0.462 e. The maximum Gasteiger partial charge on any atom is 0.434 e. The zero-order chi connectivity index (χ0) is 24.1. The van der Waals surface area contributed by atoms with Gasteiger partial charge in [-0.25, -0.2) is 9.78 Å². The molecule has 0 bridgehead atoms. The fourth-order valence-electron chi connectivity index (χ4n) is 3.30. The highest BCUT2D eigenvalue weighted by atomic mass is 19.4. The predicted molar refractivity (Wildman–Crippen MR) is 109 cm³/mol. The predicted octanol–water partition coefficient (Wildman–Crippen LogP) is 3.05. The summed E-state index contributed by atoms with van der Waals surface area (Å²) in [5.74, 6) is -1.71. The molecule has 0 aliphatic carbocycles. The average molecular weight is 456 g/mol. The molecule has 0 saturated carbocycles. The smallest absolute Gasteiger partial charge is 0.434 e. The first kappa shape index (κ1) is 25.4. The van der Waals surface area contributed by atoms with Gasteiger partial charge in [-0.1, -0.05) is 0 Å². The van der Waals surface area contributed by atoms with Gasteiger partial charge in [0.05, 0.1) is 17.7 Å². The molecular weight excluding hydrogens is 429 g/mol. The molecule has 0 spiro atoms. The number of ether oxygens (including phenoxy) is 2. The lowest BCUT2D eigenvalue weighted by atomic mass is 10.1. The largest absolute Gasteiger partial charge is 0.462 e. The van der Waals surface area contributed by atoms with Crippen molar-refractivity contribution in [1.82, 2.24) is 10.3 Å². The van der Waals surface area contributed by atoms with Crippen molar-refractivity contribution >= 4 is 17.8 Å². The van der Waals surface area contributed by atoms with Crippen molar-refractivity contribution in [3.63, 3.8) is 0 Å². The van der Waals surface area contributed by atoms with E-state index in [0.717, 1.165) is 6.07 Å². The lowest BCUT2D eigenvalue weighted by molar-refractivity contribution is -0.155. The molecule has 0 radical (unpaired) electrons.